The molecule has 0 spiro atoms. The molecule has 0 radical (unpaired) electrons. The lowest BCUT2D eigenvalue weighted by Crippen LogP contribution is -2.28. The number of carboxylic acids is 1. The molecule has 0 atom stereocenters. The third kappa shape index (κ3) is 7.00. The number of hydrogen-bond acceptors (Lipinski definition) is 4. The van der Waals surface area contributed by atoms with Gasteiger partial charge < -0.3 is 19.5 Å². The number of aliphatic carboxylic acids is 1. The molecule has 3 aromatic carbocycles. The Morgan fingerprint density at radius 1 is 0.944 bits per heavy atom. The van der Waals surface area contributed by atoms with Crippen LogP contribution in [0.15, 0.2) is 66.7 Å². The van der Waals surface area contributed by atoms with Crippen LogP contribution in [0.4, 0.5) is 18.0 Å². The molecule has 0 bridgehead atoms. The summed E-state index contributed by atoms with van der Waals surface area (Å²) in [7, 11) is 2.85. The molecule has 36 heavy (non-hydrogen) atoms. The van der Waals surface area contributed by atoms with Gasteiger partial charge in [-0.05, 0) is 46.5 Å². The molecule has 190 valence electrons. The van der Waals surface area contributed by atoms with E-state index in [0.29, 0.717) is 28.9 Å². The van der Waals surface area contributed by atoms with Gasteiger partial charge in [-0.25, -0.2) is 4.79 Å². The molecule has 0 heterocycles. The lowest BCUT2D eigenvalue weighted by Gasteiger charge is -2.21. The molecule has 0 aromatic heterocycles. The number of rotatable bonds is 9. The zero-order chi connectivity index (χ0) is 26.3. The van der Waals surface area contributed by atoms with Crippen molar-refractivity contribution in [3.05, 3.63) is 89.0 Å². The van der Waals surface area contributed by atoms with Crippen molar-refractivity contribution in [2.45, 2.75) is 25.6 Å². The van der Waals surface area contributed by atoms with Gasteiger partial charge in [0.2, 0.25) is 0 Å². The number of hydrogen-bond donors (Lipinski definition) is 1. The Kier molecular flexibility index (Phi) is 8.58. The number of nitrogens with zero attached hydrogens (tertiary/aromatic N) is 1. The molecule has 0 saturated carbocycles. The second-order valence-corrected chi connectivity index (χ2v) is 8.18. The highest BCUT2D eigenvalue weighted by molar-refractivity contribution is 5.77. The number of alkyl halides is 3. The van der Waals surface area contributed by atoms with Crippen LogP contribution < -0.4 is 4.74 Å². The molecule has 1 N–H and O–H groups in total. The summed E-state index contributed by atoms with van der Waals surface area (Å²) in [5.74, 6) is -0.685. The molecule has 6 nitrogen and oxygen atoms in total. The highest BCUT2D eigenvalue weighted by Crippen LogP contribution is 2.38. The number of carboxylic acid groups (broad SMARTS) is 1. The van der Waals surface area contributed by atoms with Crippen LogP contribution in [-0.2, 0) is 35.1 Å². The molecule has 0 aliphatic carbocycles. The molecule has 0 aliphatic rings. The van der Waals surface area contributed by atoms with E-state index in [2.05, 4.69) is 0 Å². The molecule has 0 fully saturated rings. The fraction of sp³-hybridized carbons (Fsp3) is 0.259. The normalized spacial score (nSPS) is 11.1. The number of benzene rings is 3. The second kappa shape index (κ2) is 11.6. The average Bonchev–Trinajstić information content (AvgIpc) is 2.83. The first kappa shape index (κ1) is 26.6. The Morgan fingerprint density at radius 3 is 2.31 bits per heavy atom. The summed E-state index contributed by atoms with van der Waals surface area (Å²) in [6.07, 6.45) is -5.03. The summed E-state index contributed by atoms with van der Waals surface area (Å²) < 4.78 is 51.1. The maximum absolute atomic E-state index is 13.5. The van der Waals surface area contributed by atoms with Crippen molar-refractivity contribution in [2.75, 3.05) is 20.8 Å². The van der Waals surface area contributed by atoms with Gasteiger partial charge in [-0.15, -0.1) is 0 Å². The van der Waals surface area contributed by atoms with Crippen LogP contribution in [0.25, 0.3) is 11.1 Å². The average molecular weight is 502 g/mol. The Hall–Kier alpha value is -4.01. The fourth-order valence-electron chi connectivity index (χ4n) is 3.74. The summed E-state index contributed by atoms with van der Waals surface area (Å²) in [5, 5.41) is 9.14. The van der Waals surface area contributed by atoms with Crippen LogP contribution in [0.5, 0.6) is 5.75 Å². The van der Waals surface area contributed by atoms with Crippen molar-refractivity contribution in [1.82, 2.24) is 4.90 Å². The molecule has 3 rings (SSSR count). The standard InChI is InChI=1S/C27H26F3NO5/c1-31(26(34)36-13-12-18-6-4-3-5-7-18)17-20-16-21(27(28,29)30)9-10-22(20)23-14-19(15-25(32)33)8-11-24(23)35-2/h3-11,14,16H,12-13,15,17H2,1-2H3,(H,32,33). The van der Waals surface area contributed by atoms with Crippen LogP contribution in [0.1, 0.15) is 22.3 Å². The van der Waals surface area contributed by atoms with Crippen LogP contribution in [0, 0.1) is 0 Å². The summed E-state index contributed by atoms with van der Waals surface area (Å²) in [4.78, 5) is 24.9. The van der Waals surface area contributed by atoms with E-state index >= 15 is 0 Å². The van der Waals surface area contributed by atoms with Gasteiger partial charge in [-0.1, -0.05) is 42.5 Å². The number of methoxy groups -OCH3 is 1. The minimum atomic E-state index is -4.59. The topological polar surface area (TPSA) is 76.1 Å². The van der Waals surface area contributed by atoms with Crippen molar-refractivity contribution in [3.8, 4) is 16.9 Å². The summed E-state index contributed by atoms with van der Waals surface area (Å²) >= 11 is 0. The Morgan fingerprint density at radius 2 is 1.67 bits per heavy atom. The number of carbonyl (C=O) groups is 2. The first-order chi connectivity index (χ1) is 17.1. The molecule has 3 aromatic rings. The largest absolute Gasteiger partial charge is 0.496 e. The van der Waals surface area contributed by atoms with Crippen molar-refractivity contribution in [1.29, 1.82) is 0 Å². The number of halogens is 3. The van der Waals surface area contributed by atoms with E-state index in [1.54, 1.807) is 18.2 Å². The quantitative estimate of drug-likeness (QED) is 0.400. The minimum absolute atomic E-state index is 0.119. The zero-order valence-electron chi connectivity index (χ0n) is 19.8. The van der Waals surface area contributed by atoms with Gasteiger partial charge in [0.05, 0.1) is 25.7 Å². The highest BCUT2D eigenvalue weighted by Gasteiger charge is 2.31. The van der Waals surface area contributed by atoms with Gasteiger partial charge in [0.25, 0.3) is 0 Å². The van der Waals surface area contributed by atoms with Gasteiger partial charge >= 0.3 is 18.2 Å². The number of carbonyl (C=O) groups excluding carboxylic acids is 1. The third-order valence-corrected chi connectivity index (χ3v) is 5.52. The third-order valence-electron chi connectivity index (χ3n) is 5.52. The lowest BCUT2D eigenvalue weighted by molar-refractivity contribution is -0.138. The van der Waals surface area contributed by atoms with E-state index in [0.717, 1.165) is 17.7 Å². The summed E-state index contributed by atoms with van der Waals surface area (Å²) in [5.41, 5.74) is 1.59. The van der Waals surface area contributed by atoms with Gasteiger partial charge in [0, 0.05) is 25.6 Å². The van der Waals surface area contributed by atoms with Crippen LogP contribution in [-0.4, -0.2) is 42.8 Å². The maximum atomic E-state index is 13.5. The van der Waals surface area contributed by atoms with Gasteiger partial charge in [0.15, 0.2) is 0 Å². The SMILES string of the molecule is COc1ccc(CC(=O)O)cc1-c1ccc(C(F)(F)F)cc1CN(C)C(=O)OCCc1ccccc1. The first-order valence-corrected chi connectivity index (χ1v) is 11.1. The Balaban J connectivity index is 1.89. The van der Waals surface area contributed by atoms with Gasteiger partial charge in [-0.3, -0.25) is 4.79 Å². The van der Waals surface area contributed by atoms with Crippen molar-refractivity contribution >= 4 is 12.1 Å². The Labute approximate surface area is 206 Å². The van der Waals surface area contributed by atoms with Gasteiger partial charge in [-0.2, -0.15) is 13.2 Å². The van der Waals surface area contributed by atoms with Crippen molar-refractivity contribution in [2.24, 2.45) is 0 Å². The van der Waals surface area contributed by atoms with Crippen molar-refractivity contribution in [3.63, 3.8) is 0 Å². The van der Waals surface area contributed by atoms with E-state index in [1.165, 1.54) is 25.1 Å². The van der Waals surface area contributed by atoms with Gasteiger partial charge in [0.1, 0.15) is 5.75 Å². The molecule has 0 saturated heterocycles. The summed E-state index contributed by atoms with van der Waals surface area (Å²) in [6, 6.07) is 17.4. The van der Waals surface area contributed by atoms with Crippen LogP contribution >= 0.6 is 0 Å². The van der Waals surface area contributed by atoms with E-state index in [1.807, 2.05) is 30.3 Å². The molecule has 0 aliphatic heterocycles. The van der Waals surface area contributed by atoms with Crippen LogP contribution in [0.3, 0.4) is 0 Å². The van der Waals surface area contributed by atoms with E-state index in [9.17, 15) is 22.8 Å². The highest BCUT2D eigenvalue weighted by atomic mass is 19.4. The van der Waals surface area contributed by atoms with E-state index in [4.69, 9.17) is 14.6 Å². The molecule has 9 heteroatoms. The predicted octanol–water partition coefficient (Wildman–Crippen LogP) is 5.82. The lowest BCUT2D eigenvalue weighted by atomic mass is 9.94. The first-order valence-electron chi connectivity index (χ1n) is 11.1. The smallest absolute Gasteiger partial charge is 0.416 e. The molecular weight excluding hydrogens is 475 g/mol. The monoisotopic (exact) mass is 501 g/mol. The number of amides is 1. The maximum Gasteiger partial charge on any atom is 0.416 e. The summed E-state index contributed by atoms with van der Waals surface area (Å²) in [6.45, 7) is -0.0522. The fourth-order valence-corrected chi connectivity index (χ4v) is 3.74. The zero-order valence-corrected chi connectivity index (χ0v) is 19.8. The van der Waals surface area contributed by atoms with Crippen molar-refractivity contribution < 1.29 is 37.3 Å². The molecule has 1 amide bonds. The predicted molar refractivity (Wildman–Crippen MR) is 128 cm³/mol. The van der Waals surface area contributed by atoms with Crippen LogP contribution in [0.2, 0.25) is 0 Å². The van der Waals surface area contributed by atoms with E-state index in [-0.39, 0.29) is 25.1 Å². The second-order valence-electron chi connectivity index (χ2n) is 8.18. The number of ether oxygens (including phenoxy) is 2. The molecule has 0 unspecified atom stereocenters. The van der Waals surface area contributed by atoms with E-state index < -0.39 is 23.8 Å². The molecular formula is C27H26F3NO5. The Bertz CT molecular complexity index is 1210. The minimum Gasteiger partial charge on any atom is -0.496 e.